The molecule has 0 unspecified atom stereocenters. The molecule has 0 spiro atoms. The first kappa shape index (κ1) is 9.70. The van der Waals surface area contributed by atoms with Crippen LogP contribution in [0.3, 0.4) is 0 Å². The number of rotatable bonds is 1. The van der Waals surface area contributed by atoms with E-state index in [0.29, 0.717) is 0 Å². The minimum Gasteiger partial charge on any atom is -0.857 e. The van der Waals surface area contributed by atoms with Crippen LogP contribution in [0.15, 0.2) is 0 Å². The zero-order valence-corrected chi connectivity index (χ0v) is 5.85. The van der Waals surface area contributed by atoms with E-state index in [2.05, 4.69) is 12.7 Å². The van der Waals surface area contributed by atoms with Crippen LogP contribution in [-0.4, -0.2) is 22.3 Å². The second kappa shape index (κ2) is 17.8. The number of hydrogen-bond donors (Lipinski definition) is 0. The van der Waals surface area contributed by atoms with E-state index in [1.165, 1.54) is 5.28 Å². The minimum atomic E-state index is 0.750. The second-order valence-electron chi connectivity index (χ2n) is 0.816. The van der Waals surface area contributed by atoms with Gasteiger partial charge in [0, 0.05) is 0 Å². The van der Waals surface area contributed by atoms with Gasteiger partial charge in [0.1, 0.15) is 0 Å². The Hall–Kier alpha value is 0.492. The predicted molar refractivity (Wildman–Crippen MR) is 28.0 cm³/mol. The van der Waals surface area contributed by atoms with Crippen LogP contribution in [0, 0.1) is 0 Å². The molecular weight excluding hydrogens is 91.0 g/mol. The fourth-order valence-corrected chi connectivity index (χ4v) is 0. The van der Waals surface area contributed by atoms with Crippen molar-refractivity contribution in [2.75, 3.05) is 7.11 Å². The summed E-state index contributed by atoms with van der Waals surface area (Å²) in [6.45, 7) is 2.22. The van der Waals surface area contributed by atoms with Crippen molar-refractivity contribution >= 4 is 15.2 Å². The Bertz CT molecular complexity index is 9.51. The zero-order valence-electron chi connectivity index (χ0n) is 4.69. The van der Waals surface area contributed by atoms with Crippen molar-refractivity contribution in [3.8, 4) is 0 Å². The predicted octanol–water partition coefficient (Wildman–Crippen LogP) is 0.153. The molecular formula is C4H11AlO. The Balaban J connectivity index is 0. The standard InChI is InChI=1S/C2H5.CH3O.CH3.Al/c2*1-2;;/h1H2,2H3;1H3;1H3;/q;-1;;+1. The molecule has 0 saturated carbocycles. The Morgan fingerprint density at radius 1 is 1.50 bits per heavy atom. The molecule has 0 saturated heterocycles. The molecule has 0 aromatic carbocycles. The Kier molecular flexibility index (Phi) is 28.9. The van der Waals surface area contributed by atoms with Crippen molar-refractivity contribution in [3.63, 3.8) is 0 Å². The van der Waals surface area contributed by atoms with Crippen molar-refractivity contribution in [1.82, 2.24) is 0 Å². The van der Waals surface area contributed by atoms with Gasteiger partial charge >= 0.3 is 33.2 Å². The molecule has 0 rings (SSSR count). The van der Waals surface area contributed by atoms with Gasteiger partial charge in [-0.25, -0.2) is 0 Å². The van der Waals surface area contributed by atoms with E-state index < -0.39 is 0 Å². The van der Waals surface area contributed by atoms with E-state index >= 15 is 0 Å². The van der Waals surface area contributed by atoms with Crippen LogP contribution in [0.25, 0.3) is 0 Å². The third-order valence-corrected chi connectivity index (χ3v) is 1.22. The first-order valence-electron chi connectivity index (χ1n) is 2.10. The molecule has 0 amide bonds. The maximum absolute atomic E-state index is 8.25. The van der Waals surface area contributed by atoms with E-state index in [4.69, 9.17) is 5.11 Å². The Morgan fingerprint density at radius 3 is 1.67 bits per heavy atom. The summed E-state index contributed by atoms with van der Waals surface area (Å²) in [4.78, 5) is 0. The van der Waals surface area contributed by atoms with Gasteiger partial charge in [-0.15, -0.1) is 0 Å². The molecule has 0 radical (unpaired) electrons. The first-order valence-corrected chi connectivity index (χ1v) is 4.07. The maximum atomic E-state index is 8.25. The largest absolute Gasteiger partial charge is 0.857 e. The summed E-state index contributed by atoms with van der Waals surface area (Å²) in [7, 11) is 0.750. The normalized spacial score (nSPS) is 4.67. The summed E-state index contributed by atoms with van der Waals surface area (Å²) in [6, 6.07) is 0. The molecule has 0 atom stereocenters. The second-order valence-corrected chi connectivity index (χ2v) is 2.45. The summed E-state index contributed by atoms with van der Waals surface area (Å²) in [5, 5.41) is 9.65. The summed E-state index contributed by atoms with van der Waals surface area (Å²) in [6.07, 6.45) is 0. The first-order chi connectivity index (χ1) is 2.91. The van der Waals surface area contributed by atoms with Crippen molar-refractivity contribution in [2.45, 2.75) is 18.0 Å². The third kappa shape index (κ3) is 24.6. The fraction of sp³-hybridized carbons (Fsp3) is 1.00. The summed E-state index contributed by atoms with van der Waals surface area (Å²) in [5.74, 6) is 2.26. The molecule has 0 aliphatic carbocycles. The molecule has 6 heavy (non-hydrogen) atoms. The molecule has 0 bridgehead atoms. The van der Waals surface area contributed by atoms with E-state index in [1.807, 2.05) is 0 Å². The molecule has 0 fully saturated rings. The van der Waals surface area contributed by atoms with Crippen LogP contribution in [0.2, 0.25) is 11.1 Å². The molecule has 1 nitrogen and oxygen atoms in total. The third-order valence-electron chi connectivity index (χ3n) is 0.408. The van der Waals surface area contributed by atoms with Gasteiger partial charge in [0.05, 0.1) is 0 Å². The van der Waals surface area contributed by atoms with Crippen LogP contribution >= 0.6 is 0 Å². The molecule has 0 aromatic heterocycles. The van der Waals surface area contributed by atoms with E-state index in [0.717, 1.165) is 22.3 Å². The smallest absolute Gasteiger partial charge is 0.153 e. The number of hydrogen-bond acceptors (Lipinski definition) is 1. The Morgan fingerprint density at radius 2 is 1.67 bits per heavy atom. The van der Waals surface area contributed by atoms with Gasteiger partial charge in [-0.2, -0.15) is 7.11 Å². The summed E-state index contributed by atoms with van der Waals surface area (Å²) in [5.41, 5.74) is 0. The van der Waals surface area contributed by atoms with Crippen molar-refractivity contribution in [3.05, 3.63) is 0 Å². The van der Waals surface area contributed by atoms with Crippen LogP contribution in [0.1, 0.15) is 6.92 Å². The summed E-state index contributed by atoms with van der Waals surface area (Å²) >= 11 is 0.782. The quantitative estimate of drug-likeness (QED) is 0.432. The van der Waals surface area contributed by atoms with Gasteiger partial charge in [0.2, 0.25) is 0 Å². The van der Waals surface area contributed by atoms with Gasteiger partial charge < -0.3 is 5.11 Å². The molecule has 2 heteroatoms. The van der Waals surface area contributed by atoms with Crippen molar-refractivity contribution in [2.24, 2.45) is 0 Å². The molecule has 0 N–H and O–H groups in total. The zero-order chi connectivity index (χ0) is 5.41. The van der Waals surface area contributed by atoms with Crippen LogP contribution in [0.4, 0.5) is 0 Å². The summed E-state index contributed by atoms with van der Waals surface area (Å²) < 4.78 is 0. The van der Waals surface area contributed by atoms with Gasteiger partial charge in [0.25, 0.3) is 0 Å². The van der Waals surface area contributed by atoms with Crippen LogP contribution < -0.4 is 5.11 Å². The van der Waals surface area contributed by atoms with Crippen molar-refractivity contribution < 1.29 is 5.11 Å². The van der Waals surface area contributed by atoms with Gasteiger partial charge in [-0.05, 0) is 0 Å². The average Bonchev–Trinajstić information content (AvgIpc) is 1.72. The molecule has 0 heterocycles. The van der Waals surface area contributed by atoms with E-state index in [-0.39, 0.29) is 0 Å². The van der Waals surface area contributed by atoms with E-state index in [1.54, 1.807) is 0 Å². The molecule has 0 aromatic rings. The van der Waals surface area contributed by atoms with Crippen LogP contribution in [-0.2, 0) is 0 Å². The van der Waals surface area contributed by atoms with E-state index in [9.17, 15) is 0 Å². The maximum Gasteiger partial charge on any atom is -0.153 e. The van der Waals surface area contributed by atoms with Crippen molar-refractivity contribution in [1.29, 1.82) is 0 Å². The fourth-order valence-electron chi connectivity index (χ4n) is 0. The molecule has 36 valence electrons. The minimum absolute atomic E-state index is 0.750. The van der Waals surface area contributed by atoms with Gasteiger partial charge in [-0.3, -0.25) is 0 Å². The van der Waals surface area contributed by atoms with Crippen LogP contribution in [0.5, 0.6) is 0 Å². The Labute approximate surface area is 46.1 Å². The topological polar surface area (TPSA) is 23.1 Å². The molecule has 0 aliphatic rings. The monoisotopic (exact) mass is 102 g/mol. The van der Waals surface area contributed by atoms with Gasteiger partial charge in [0.15, 0.2) is 0 Å². The average molecular weight is 102 g/mol. The molecule has 0 aliphatic heterocycles. The SMILES string of the molecule is C[CH2][Al+][CH3].C[O-]. The van der Waals surface area contributed by atoms with Gasteiger partial charge in [-0.1, -0.05) is 0 Å².